The number of carbonyl (C=O) groups is 3. The minimum Gasteiger partial charge on any atom is -0.457 e. The molecule has 4 aromatic rings. The van der Waals surface area contributed by atoms with Crippen LogP contribution in [0.2, 0.25) is 0 Å². The highest BCUT2D eigenvalue weighted by atomic mass is 127. The molecule has 7 heteroatoms. The average Bonchev–Trinajstić information content (AvgIpc) is 2.97. The van der Waals surface area contributed by atoms with E-state index in [0.29, 0.717) is 14.7 Å². The van der Waals surface area contributed by atoms with E-state index in [1.807, 2.05) is 114 Å². The lowest BCUT2D eigenvalue weighted by molar-refractivity contribution is 0.0403. The van der Waals surface area contributed by atoms with Gasteiger partial charge in [0.25, 0.3) is 0 Å². The molecule has 0 aliphatic rings. The smallest absolute Gasteiger partial charge is 0.340 e. The summed E-state index contributed by atoms with van der Waals surface area (Å²) in [5, 5.41) is 0. The molecule has 0 amide bonds. The average molecular weight is 634 g/mol. The van der Waals surface area contributed by atoms with E-state index >= 15 is 0 Å². The quantitative estimate of drug-likeness (QED) is 0.112. The SMILES string of the molecule is Cc1c(C)c(C(=O)OCc2ccccc2)c(C(=O)OCc2ccccc2)c(C(=O)OCc2ccccc2)c1I. The Kier molecular flexibility index (Phi) is 9.49. The van der Waals surface area contributed by atoms with Crippen molar-refractivity contribution < 1.29 is 28.6 Å². The molecule has 0 radical (unpaired) electrons. The van der Waals surface area contributed by atoms with Crippen LogP contribution >= 0.6 is 22.6 Å². The molecule has 0 atom stereocenters. The van der Waals surface area contributed by atoms with Crippen molar-refractivity contribution in [3.8, 4) is 0 Å². The summed E-state index contributed by atoms with van der Waals surface area (Å²) in [6.07, 6.45) is 0. The van der Waals surface area contributed by atoms with E-state index in [0.717, 1.165) is 16.7 Å². The van der Waals surface area contributed by atoms with Gasteiger partial charge >= 0.3 is 17.9 Å². The third kappa shape index (κ3) is 6.92. The number of ether oxygens (including phenoxy) is 3. The second-order valence-electron chi connectivity index (χ2n) is 8.87. The van der Waals surface area contributed by atoms with Crippen LogP contribution in [0.5, 0.6) is 0 Å². The molecule has 0 aromatic heterocycles. The van der Waals surface area contributed by atoms with Crippen LogP contribution in [0, 0.1) is 17.4 Å². The van der Waals surface area contributed by atoms with Crippen LogP contribution in [-0.4, -0.2) is 17.9 Å². The molecule has 0 saturated carbocycles. The largest absolute Gasteiger partial charge is 0.457 e. The van der Waals surface area contributed by atoms with Crippen LogP contribution in [0.25, 0.3) is 0 Å². The molecular weight excluding hydrogens is 607 g/mol. The van der Waals surface area contributed by atoms with Crippen LogP contribution in [0.3, 0.4) is 0 Å². The van der Waals surface area contributed by atoms with Crippen LogP contribution in [0.15, 0.2) is 91.0 Å². The highest BCUT2D eigenvalue weighted by Crippen LogP contribution is 2.32. The summed E-state index contributed by atoms with van der Waals surface area (Å²) in [6, 6.07) is 27.6. The molecule has 0 unspecified atom stereocenters. The van der Waals surface area contributed by atoms with Crippen molar-refractivity contribution in [1.29, 1.82) is 0 Å². The van der Waals surface area contributed by atoms with Gasteiger partial charge in [0.05, 0.1) is 16.7 Å². The van der Waals surface area contributed by atoms with Gasteiger partial charge < -0.3 is 14.2 Å². The van der Waals surface area contributed by atoms with E-state index in [-0.39, 0.29) is 36.5 Å². The van der Waals surface area contributed by atoms with Crippen molar-refractivity contribution in [1.82, 2.24) is 0 Å². The lowest BCUT2D eigenvalue weighted by atomic mass is 9.92. The predicted octanol–water partition coefficient (Wildman–Crippen LogP) is 6.98. The first-order valence-corrected chi connectivity index (χ1v) is 13.4. The number of hydrogen-bond donors (Lipinski definition) is 0. The molecule has 0 saturated heterocycles. The van der Waals surface area contributed by atoms with Crippen molar-refractivity contribution in [2.24, 2.45) is 0 Å². The minimum absolute atomic E-state index is 0.00595. The van der Waals surface area contributed by atoms with E-state index in [1.54, 1.807) is 13.8 Å². The number of halogens is 1. The highest BCUT2D eigenvalue weighted by Gasteiger charge is 2.33. The normalized spacial score (nSPS) is 10.5. The maximum absolute atomic E-state index is 13.6. The molecule has 4 rings (SSSR count). The molecule has 0 spiro atoms. The number of rotatable bonds is 9. The van der Waals surface area contributed by atoms with Crippen LogP contribution in [0.4, 0.5) is 0 Å². The first-order chi connectivity index (χ1) is 18.9. The van der Waals surface area contributed by atoms with Gasteiger partial charge in [-0.05, 0) is 64.3 Å². The molecule has 6 nitrogen and oxygen atoms in total. The van der Waals surface area contributed by atoms with Gasteiger partial charge in [-0.2, -0.15) is 0 Å². The molecule has 0 aliphatic carbocycles. The Bertz CT molecular complexity index is 1380. The fraction of sp³-hybridized carbons (Fsp3) is 0.156. The lowest BCUT2D eigenvalue weighted by Gasteiger charge is -2.20. The standard InChI is InChI=1S/C32H27IO6/c1-21-22(2)29(33)28(32(36)39-20-25-16-10-5-11-17-25)27(31(35)38-19-24-14-8-4-9-15-24)26(21)30(34)37-18-23-12-6-3-7-13-23/h3-17H,18-20H2,1-2H3. The van der Waals surface area contributed by atoms with E-state index in [4.69, 9.17) is 14.2 Å². The van der Waals surface area contributed by atoms with Gasteiger partial charge in [-0.15, -0.1) is 0 Å². The van der Waals surface area contributed by atoms with Crippen molar-refractivity contribution in [2.75, 3.05) is 0 Å². The summed E-state index contributed by atoms with van der Waals surface area (Å²) in [4.78, 5) is 40.5. The maximum Gasteiger partial charge on any atom is 0.340 e. The second-order valence-corrected chi connectivity index (χ2v) is 9.95. The third-order valence-corrected chi connectivity index (χ3v) is 7.59. The number of hydrogen-bond acceptors (Lipinski definition) is 6. The molecule has 0 fully saturated rings. The summed E-state index contributed by atoms with van der Waals surface area (Å²) >= 11 is 2.01. The van der Waals surface area contributed by atoms with E-state index in [1.165, 1.54) is 0 Å². The molecule has 0 heterocycles. The lowest BCUT2D eigenvalue weighted by Crippen LogP contribution is -2.23. The molecule has 39 heavy (non-hydrogen) atoms. The van der Waals surface area contributed by atoms with Gasteiger partial charge in [0.15, 0.2) is 0 Å². The summed E-state index contributed by atoms with van der Waals surface area (Å²) in [7, 11) is 0. The Balaban J connectivity index is 1.72. The van der Waals surface area contributed by atoms with Crippen LogP contribution in [-0.2, 0) is 34.0 Å². The Labute approximate surface area is 241 Å². The molecule has 198 valence electrons. The van der Waals surface area contributed by atoms with E-state index in [2.05, 4.69) is 0 Å². The Morgan fingerprint density at radius 1 is 0.513 bits per heavy atom. The van der Waals surface area contributed by atoms with Crippen LogP contribution in [0.1, 0.15) is 58.9 Å². The van der Waals surface area contributed by atoms with Crippen molar-refractivity contribution >= 4 is 40.5 Å². The molecule has 0 N–H and O–H groups in total. The predicted molar refractivity (Wildman–Crippen MR) is 155 cm³/mol. The van der Waals surface area contributed by atoms with Gasteiger partial charge in [-0.1, -0.05) is 91.0 Å². The zero-order chi connectivity index (χ0) is 27.8. The van der Waals surface area contributed by atoms with E-state index < -0.39 is 17.9 Å². The fourth-order valence-electron chi connectivity index (χ4n) is 4.00. The summed E-state index contributed by atoms with van der Waals surface area (Å²) < 4.78 is 17.3. The van der Waals surface area contributed by atoms with E-state index in [9.17, 15) is 14.4 Å². The summed E-state index contributed by atoms with van der Waals surface area (Å²) in [6.45, 7) is 3.51. The fourth-order valence-corrected chi connectivity index (χ4v) is 4.89. The second kappa shape index (κ2) is 13.2. The van der Waals surface area contributed by atoms with Gasteiger partial charge in [0.2, 0.25) is 0 Å². The Morgan fingerprint density at radius 3 is 1.23 bits per heavy atom. The topological polar surface area (TPSA) is 78.9 Å². The van der Waals surface area contributed by atoms with Gasteiger partial charge in [-0.25, -0.2) is 14.4 Å². The van der Waals surface area contributed by atoms with Gasteiger partial charge in [0.1, 0.15) is 19.8 Å². The zero-order valence-corrected chi connectivity index (χ0v) is 23.8. The minimum atomic E-state index is -0.807. The molecule has 0 aliphatic heterocycles. The Morgan fingerprint density at radius 2 is 0.846 bits per heavy atom. The molecule has 0 bridgehead atoms. The van der Waals surface area contributed by atoms with Gasteiger partial charge in [0, 0.05) is 3.57 Å². The van der Waals surface area contributed by atoms with Crippen molar-refractivity contribution in [3.63, 3.8) is 0 Å². The first kappa shape index (κ1) is 28.0. The number of esters is 3. The highest BCUT2D eigenvalue weighted by molar-refractivity contribution is 14.1. The zero-order valence-electron chi connectivity index (χ0n) is 21.6. The summed E-state index contributed by atoms with van der Waals surface area (Å²) in [5.41, 5.74) is 3.38. The van der Waals surface area contributed by atoms with Crippen LogP contribution < -0.4 is 0 Å². The molecule has 4 aromatic carbocycles. The molecular formula is C32H27IO6. The van der Waals surface area contributed by atoms with Gasteiger partial charge in [-0.3, -0.25) is 0 Å². The number of carbonyl (C=O) groups excluding carboxylic acids is 3. The monoisotopic (exact) mass is 634 g/mol. The maximum atomic E-state index is 13.6. The van der Waals surface area contributed by atoms with Crippen molar-refractivity contribution in [3.05, 3.63) is 139 Å². The Hall–Kier alpha value is -3.98. The van der Waals surface area contributed by atoms with Crippen molar-refractivity contribution in [2.45, 2.75) is 33.7 Å². The first-order valence-electron chi connectivity index (χ1n) is 12.3. The summed E-state index contributed by atoms with van der Waals surface area (Å²) in [5.74, 6) is -2.26. The number of benzene rings is 4. The third-order valence-electron chi connectivity index (χ3n) is 6.24.